The summed E-state index contributed by atoms with van der Waals surface area (Å²) in [6, 6.07) is 40.3. The molecule has 0 unspecified atom stereocenters. The van der Waals surface area contributed by atoms with Gasteiger partial charge in [-0.3, -0.25) is 0 Å². The molecule has 0 N–H and O–H groups in total. The van der Waals surface area contributed by atoms with Gasteiger partial charge in [0.1, 0.15) is 0 Å². The highest BCUT2D eigenvalue weighted by Crippen LogP contribution is 2.29. The Morgan fingerprint density at radius 1 is 0.382 bits per heavy atom. The average Bonchev–Trinajstić information content (AvgIpc) is 3.81. The minimum atomic E-state index is 1.15. The van der Waals surface area contributed by atoms with E-state index in [2.05, 4.69) is 97.9 Å². The maximum atomic E-state index is 2.27. The molecule has 0 aromatic heterocycles. The fourth-order valence-electron chi connectivity index (χ4n) is 3.73. The van der Waals surface area contributed by atoms with E-state index in [4.69, 9.17) is 0 Å². The Morgan fingerprint density at radius 3 is 1.15 bits per heavy atom. The summed E-state index contributed by atoms with van der Waals surface area (Å²) in [5, 5.41) is 0. The molecule has 0 amide bonds. The molecule has 0 radical (unpaired) electrons. The van der Waals surface area contributed by atoms with Crippen molar-refractivity contribution in [2.24, 2.45) is 0 Å². The second kappa shape index (κ2) is 12.6. The van der Waals surface area contributed by atoms with Gasteiger partial charge < -0.3 is 0 Å². The highest BCUT2D eigenvalue weighted by atomic mass is 14.1. The normalized spacial score (nSPS) is 13.8. The summed E-state index contributed by atoms with van der Waals surface area (Å²) in [6.07, 6.45) is 11.3. The van der Waals surface area contributed by atoms with E-state index in [0.29, 0.717) is 0 Å². The van der Waals surface area contributed by atoms with Crippen LogP contribution >= 0.6 is 0 Å². The molecular formula is C34H34. The number of rotatable bonds is 3. The van der Waals surface area contributed by atoms with Gasteiger partial charge in [0.05, 0.1) is 0 Å². The Kier molecular flexibility index (Phi) is 8.69. The van der Waals surface area contributed by atoms with Gasteiger partial charge in [0.15, 0.2) is 0 Å². The van der Waals surface area contributed by atoms with Crippen molar-refractivity contribution < 1.29 is 0 Å². The van der Waals surface area contributed by atoms with Crippen molar-refractivity contribution in [1.82, 2.24) is 0 Å². The Balaban J connectivity index is 0.000000253. The topological polar surface area (TPSA) is 0 Å². The SMILES string of the molecule is C1CC1.CC1=CC=C(c2ccc(-c3ccc(-c4ccccc4)cc3)cc2)CC1.c1ccccc1. The number of allylic oxidation sites excluding steroid dienone is 4. The molecule has 1 saturated carbocycles. The fraction of sp³-hybridized carbons (Fsp3) is 0.176. The van der Waals surface area contributed by atoms with E-state index in [1.165, 1.54) is 64.6 Å². The average molecular weight is 443 g/mol. The van der Waals surface area contributed by atoms with Gasteiger partial charge >= 0.3 is 0 Å². The van der Waals surface area contributed by atoms with E-state index in [1.807, 2.05) is 36.4 Å². The summed E-state index contributed by atoms with van der Waals surface area (Å²) in [5.41, 5.74) is 9.31. The van der Waals surface area contributed by atoms with Gasteiger partial charge in [-0.1, -0.05) is 152 Å². The van der Waals surface area contributed by atoms with E-state index < -0.39 is 0 Å². The lowest BCUT2D eigenvalue weighted by molar-refractivity contribution is 0.977. The molecule has 0 nitrogen and oxygen atoms in total. The van der Waals surface area contributed by atoms with Gasteiger partial charge in [0.2, 0.25) is 0 Å². The minimum Gasteiger partial charge on any atom is -0.0730 e. The second-order valence-electron chi connectivity index (χ2n) is 8.94. The maximum absolute atomic E-state index is 2.27. The van der Waals surface area contributed by atoms with E-state index in [1.54, 1.807) is 0 Å². The molecule has 0 aliphatic heterocycles. The van der Waals surface area contributed by atoms with Crippen LogP contribution in [0.1, 0.15) is 44.6 Å². The molecule has 0 heterocycles. The summed E-state index contributed by atoms with van der Waals surface area (Å²) in [7, 11) is 0. The van der Waals surface area contributed by atoms with Gasteiger partial charge in [-0.15, -0.1) is 0 Å². The summed E-state index contributed by atoms with van der Waals surface area (Å²) >= 11 is 0. The van der Waals surface area contributed by atoms with Crippen molar-refractivity contribution in [2.45, 2.75) is 39.0 Å². The van der Waals surface area contributed by atoms with E-state index >= 15 is 0 Å². The molecular weight excluding hydrogens is 408 g/mol. The van der Waals surface area contributed by atoms with Crippen LogP contribution in [0.15, 0.2) is 133 Å². The Hall–Kier alpha value is -3.64. The maximum Gasteiger partial charge on any atom is -0.0184 e. The van der Waals surface area contributed by atoms with Crippen molar-refractivity contribution in [3.05, 3.63) is 139 Å². The van der Waals surface area contributed by atoms with Crippen LogP contribution in [-0.4, -0.2) is 0 Å². The third-order valence-corrected chi connectivity index (χ3v) is 5.96. The van der Waals surface area contributed by atoms with Crippen molar-refractivity contribution >= 4 is 5.57 Å². The summed E-state index contributed by atoms with van der Waals surface area (Å²) < 4.78 is 0. The lowest BCUT2D eigenvalue weighted by Gasteiger charge is -2.13. The van der Waals surface area contributed by atoms with E-state index in [0.717, 1.165) is 6.42 Å². The minimum absolute atomic E-state index is 1.15. The van der Waals surface area contributed by atoms with Crippen LogP contribution in [0.3, 0.4) is 0 Å². The molecule has 0 bridgehead atoms. The zero-order valence-corrected chi connectivity index (χ0v) is 20.2. The van der Waals surface area contributed by atoms with Crippen LogP contribution in [0.5, 0.6) is 0 Å². The van der Waals surface area contributed by atoms with Gasteiger partial charge in [-0.05, 0) is 53.2 Å². The van der Waals surface area contributed by atoms with Crippen molar-refractivity contribution in [1.29, 1.82) is 0 Å². The molecule has 6 rings (SSSR count). The van der Waals surface area contributed by atoms with Gasteiger partial charge in [0.25, 0.3) is 0 Å². The largest absolute Gasteiger partial charge is 0.0730 e. The molecule has 170 valence electrons. The lowest BCUT2D eigenvalue weighted by atomic mass is 9.92. The highest BCUT2D eigenvalue weighted by molar-refractivity contribution is 5.74. The van der Waals surface area contributed by atoms with E-state index in [9.17, 15) is 0 Å². The standard InChI is InChI=1S/C25H22.C6H6.C3H6/c1-19-7-9-21(10-8-19)23-15-17-25(18-16-23)24-13-11-22(12-14-24)20-5-3-2-4-6-20;1-2-4-6-5-3-1;1-2-3-1/h2-7,9,11-18H,8,10H2,1H3;1-6H;1-3H2. The number of benzene rings is 4. The smallest absolute Gasteiger partial charge is 0.0184 e. The molecule has 0 spiro atoms. The number of hydrogen-bond donors (Lipinski definition) is 0. The van der Waals surface area contributed by atoms with Crippen LogP contribution in [0, 0.1) is 0 Å². The quantitative estimate of drug-likeness (QED) is 0.296. The summed E-state index contributed by atoms with van der Waals surface area (Å²) in [6.45, 7) is 2.20. The molecule has 4 aromatic rings. The molecule has 34 heavy (non-hydrogen) atoms. The third-order valence-electron chi connectivity index (χ3n) is 5.96. The van der Waals surface area contributed by atoms with Crippen LogP contribution in [-0.2, 0) is 0 Å². The van der Waals surface area contributed by atoms with Crippen molar-refractivity contribution in [3.8, 4) is 22.3 Å². The first-order chi connectivity index (χ1) is 16.8. The van der Waals surface area contributed by atoms with Gasteiger partial charge in [-0.25, -0.2) is 0 Å². The van der Waals surface area contributed by atoms with Crippen LogP contribution in [0.25, 0.3) is 27.8 Å². The van der Waals surface area contributed by atoms with Crippen LogP contribution in [0.4, 0.5) is 0 Å². The molecule has 0 atom stereocenters. The summed E-state index contributed by atoms with van der Waals surface area (Å²) in [5.74, 6) is 0. The van der Waals surface area contributed by atoms with Gasteiger partial charge in [-0.2, -0.15) is 0 Å². The third kappa shape index (κ3) is 7.46. The predicted molar refractivity (Wildman–Crippen MR) is 149 cm³/mol. The Morgan fingerprint density at radius 2 is 0.765 bits per heavy atom. The van der Waals surface area contributed by atoms with Crippen molar-refractivity contribution in [3.63, 3.8) is 0 Å². The molecule has 0 heteroatoms. The lowest BCUT2D eigenvalue weighted by Crippen LogP contribution is -1.91. The molecule has 2 aliphatic rings. The first-order valence-corrected chi connectivity index (χ1v) is 12.4. The molecule has 0 saturated heterocycles. The fourth-order valence-corrected chi connectivity index (χ4v) is 3.73. The van der Waals surface area contributed by atoms with Crippen molar-refractivity contribution in [2.75, 3.05) is 0 Å². The summed E-state index contributed by atoms with van der Waals surface area (Å²) in [4.78, 5) is 0. The van der Waals surface area contributed by atoms with Crippen LogP contribution < -0.4 is 0 Å². The zero-order valence-electron chi connectivity index (χ0n) is 20.2. The van der Waals surface area contributed by atoms with Gasteiger partial charge in [0, 0.05) is 0 Å². The molecule has 2 aliphatic carbocycles. The second-order valence-corrected chi connectivity index (χ2v) is 8.94. The molecule has 1 fully saturated rings. The first-order valence-electron chi connectivity index (χ1n) is 12.4. The Bertz CT molecular complexity index is 1150. The first kappa shape index (κ1) is 23.5. The molecule has 4 aromatic carbocycles. The monoisotopic (exact) mass is 442 g/mol. The number of hydrogen-bond acceptors (Lipinski definition) is 0. The van der Waals surface area contributed by atoms with E-state index in [-0.39, 0.29) is 0 Å². The van der Waals surface area contributed by atoms with Crippen LogP contribution in [0.2, 0.25) is 0 Å². The Labute approximate surface area is 205 Å². The zero-order chi connectivity index (χ0) is 23.4. The predicted octanol–water partition coefficient (Wildman–Crippen LogP) is 10.0. The highest BCUT2D eigenvalue weighted by Gasteiger charge is 2.06.